The second-order valence-corrected chi connectivity index (χ2v) is 15.0. The van der Waals surface area contributed by atoms with Gasteiger partial charge in [-0.1, -0.05) is 188 Å². The first-order chi connectivity index (χ1) is 29.2. The highest BCUT2D eigenvalue weighted by Gasteiger charge is 2.19. The summed E-state index contributed by atoms with van der Waals surface area (Å²) in [6.45, 7) is 0. The van der Waals surface area contributed by atoms with Gasteiger partial charge in [0.25, 0.3) is 0 Å². The van der Waals surface area contributed by atoms with Crippen molar-refractivity contribution < 1.29 is 0 Å². The number of nitrogens with zero attached hydrogens (tertiary/aromatic N) is 3. The number of fused-ring (bicyclic) bond motifs is 4. The fraction of sp³-hybridized carbons (Fsp3) is 0. The predicted octanol–water partition coefficient (Wildman–Crippen LogP) is 14.7. The van der Waals surface area contributed by atoms with Gasteiger partial charge in [-0.05, 0) is 75.2 Å². The van der Waals surface area contributed by atoms with E-state index in [1.54, 1.807) is 0 Å². The van der Waals surface area contributed by atoms with E-state index in [9.17, 15) is 0 Å². The predicted molar refractivity (Wildman–Crippen MR) is 246 cm³/mol. The normalized spacial score (nSPS) is 11.4. The topological polar surface area (TPSA) is 30.7 Å². The van der Waals surface area contributed by atoms with E-state index in [0.717, 1.165) is 55.6 Å². The van der Waals surface area contributed by atoms with Crippen LogP contribution in [-0.2, 0) is 0 Å². The Morgan fingerprint density at radius 2 is 0.695 bits per heavy atom. The van der Waals surface area contributed by atoms with Gasteiger partial charge in [0.15, 0.2) is 5.82 Å². The standard InChI is InChI=1S/C56H37N3/c1-5-15-38(16-6-1)41-25-27-42(28-26-41)51-37-52(58-56(57-51)43-21-11-4-12-22-43)47-31-34-53(48-24-14-13-23-46(47)48)59-54-32-29-44(39-17-7-2-8-18-39)35-49(54)50-36-45(30-33-55(50)59)40-19-9-3-10-20-40/h1-37H. The molecule has 0 N–H and O–H groups in total. The van der Waals surface area contributed by atoms with Crippen LogP contribution in [0.15, 0.2) is 224 Å². The third-order valence-electron chi connectivity index (χ3n) is 11.4. The second kappa shape index (κ2) is 14.6. The molecule has 0 saturated carbocycles. The van der Waals surface area contributed by atoms with Crippen molar-refractivity contribution in [3.05, 3.63) is 224 Å². The SMILES string of the molecule is c1ccc(-c2ccc(-c3cc(-c4ccc(-n5c6ccc(-c7ccccc7)cc6c6cc(-c7ccccc7)ccc65)c5ccccc45)nc(-c4ccccc4)n3)cc2)cc1. The Labute approximate surface area is 343 Å². The molecular formula is C56H37N3. The molecule has 0 spiro atoms. The molecule has 2 heterocycles. The molecule has 11 aromatic rings. The van der Waals surface area contributed by atoms with Crippen LogP contribution in [0.3, 0.4) is 0 Å². The summed E-state index contributed by atoms with van der Waals surface area (Å²) < 4.78 is 2.44. The summed E-state index contributed by atoms with van der Waals surface area (Å²) in [6.07, 6.45) is 0. The highest BCUT2D eigenvalue weighted by molar-refractivity contribution is 6.13. The maximum atomic E-state index is 5.27. The minimum absolute atomic E-state index is 0.698. The van der Waals surface area contributed by atoms with Gasteiger partial charge in [-0.2, -0.15) is 0 Å². The Balaban J connectivity index is 1.10. The van der Waals surface area contributed by atoms with Crippen molar-refractivity contribution in [1.82, 2.24) is 14.5 Å². The number of rotatable bonds is 7. The molecule has 3 heteroatoms. The summed E-state index contributed by atoms with van der Waals surface area (Å²) >= 11 is 0. The fourth-order valence-electron chi connectivity index (χ4n) is 8.52. The van der Waals surface area contributed by atoms with E-state index in [-0.39, 0.29) is 0 Å². The Hall–Kier alpha value is -7.88. The maximum Gasteiger partial charge on any atom is 0.160 e. The van der Waals surface area contributed by atoms with Gasteiger partial charge in [-0.15, -0.1) is 0 Å². The van der Waals surface area contributed by atoms with Gasteiger partial charge >= 0.3 is 0 Å². The van der Waals surface area contributed by atoms with Crippen LogP contribution in [0.4, 0.5) is 0 Å². The Morgan fingerprint density at radius 3 is 1.25 bits per heavy atom. The van der Waals surface area contributed by atoms with Crippen LogP contribution in [0.25, 0.3) is 106 Å². The summed E-state index contributed by atoms with van der Waals surface area (Å²) in [5.41, 5.74) is 15.5. The Bertz CT molecular complexity index is 3180. The molecule has 0 aliphatic carbocycles. The van der Waals surface area contributed by atoms with Gasteiger partial charge in [0.05, 0.1) is 28.1 Å². The first kappa shape index (κ1) is 34.4. The van der Waals surface area contributed by atoms with Crippen LogP contribution >= 0.6 is 0 Å². The minimum atomic E-state index is 0.698. The van der Waals surface area contributed by atoms with Crippen molar-refractivity contribution in [2.24, 2.45) is 0 Å². The maximum absolute atomic E-state index is 5.27. The largest absolute Gasteiger partial charge is 0.309 e. The van der Waals surface area contributed by atoms with Gasteiger partial charge in [0, 0.05) is 32.8 Å². The van der Waals surface area contributed by atoms with Crippen molar-refractivity contribution in [1.29, 1.82) is 0 Å². The summed E-state index contributed by atoms with van der Waals surface area (Å²) in [5, 5.41) is 4.72. The van der Waals surface area contributed by atoms with Crippen molar-refractivity contribution in [2.75, 3.05) is 0 Å². The van der Waals surface area contributed by atoms with E-state index in [0.29, 0.717) is 5.82 Å². The zero-order valence-electron chi connectivity index (χ0n) is 32.2. The Morgan fingerprint density at radius 1 is 0.271 bits per heavy atom. The number of aromatic nitrogens is 3. The van der Waals surface area contributed by atoms with E-state index < -0.39 is 0 Å². The zero-order chi connectivity index (χ0) is 39.1. The highest BCUT2D eigenvalue weighted by Crippen LogP contribution is 2.41. The molecule has 0 radical (unpaired) electrons. The molecule has 0 aliphatic rings. The molecule has 59 heavy (non-hydrogen) atoms. The summed E-state index contributed by atoms with van der Waals surface area (Å²) in [4.78, 5) is 10.4. The monoisotopic (exact) mass is 751 g/mol. The minimum Gasteiger partial charge on any atom is -0.309 e. The van der Waals surface area contributed by atoms with Crippen LogP contribution in [0, 0.1) is 0 Å². The molecule has 0 amide bonds. The van der Waals surface area contributed by atoms with Crippen LogP contribution in [0.1, 0.15) is 0 Å². The van der Waals surface area contributed by atoms with Gasteiger partial charge < -0.3 is 4.57 Å². The van der Waals surface area contributed by atoms with Gasteiger partial charge in [0.1, 0.15) is 0 Å². The van der Waals surface area contributed by atoms with Gasteiger partial charge in [-0.3, -0.25) is 0 Å². The van der Waals surface area contributed by atoms with Crippen LogP contribution < -0.4 is 0 Å². The third-order valence-corrected chi connectivity index (χ3v) is 11.4. The smallest absolute Gasteiger partial charge is 0.160 e. The highest BCUT2D eigenvalue weighted by atomic mass is 15.0. The van der Waals surface area contributed by atoms with E-state index in [1.807, 2.05) is 24.3 Å². The fourth-order valence-corrected chi connectivity index (χ4v) is 8.52. The van der Waals surface area contributed by atoms with Crippen molar-refractivity contribution in [3.63, 3.8) is 0 Å². The second-order valence-electron chi connectivity index (χ2n) is 15.0. The van der Waals surface area contributed by atoms with Crippen LogP contribution in [-0.4, -0.2) is 14.5 Å². The first-order valence-corrected chi connectivity index (χ1v) is 20.1. The molecule has 0 aliphatic heterocycles. The molecule has 0 saturated heterocycles. The van der Waals surface area contributed by atoms with Gasteiger partial charge in [-0.25, -0.2) is 9.97 Å². The van der Waals surface area contributed by atoms with Crippen molar-refractivity contribution in [3.8, 4) is 73.0 Å². The van der Waals surface area contributed by atoms with Crippen LogP contribution in [0.2, 0.25) is 0 Å². The third kappa shape index (κ3) is 6.26. The first-order valence-electron chi connectivity index (χ1n) is 20.1. The number of hydrogen-bond donors (Lipinski definition) is 0. The van der Waals surface area contributed by atoms with E-state index in [2.05, 4.69) is 205 Å². The van der Waals surface area contributed by atoms with Crippen molar-refractivity contribution in [2.45, 2.75) is 0 Å². The number of hydrogen-bond acceptors (Lipinski definition) is 2. The molecule has 0 bridgehead atoms. The Kier molecular flexibility index (Phi) is 8.49. The molecule has 0 fully saturated rings. The zero-order valence-corrected chi connectivity index (χ0v) is 32.2. The lowest BCUT2D eigenvalue weighted by molar-refractivity contribution is 1.18. The van der Waals surface area contributed by atoms with E-state index in [4.69, 9.17) is 9.97 Å². The average molecular weight is 752 g/mol. The molecule has 11 rings (SSSR count). The summed E-state index contributed by atoms with van der Waals surface area (Å²) in [6, 6.07) is 79.9. The molecule has 9 aromatic carbocycles. The molecule has 2 aromatic heterocycles. The van der Waals surface area contributed by atoms with Crippen molar-refractivity contribution >= 4 is 32.6 Å². The molecule has 276 valence electrons. The number of benzene rings is 9. The summed E-state index contributed by atoms with van der Waals surface area (Å²) in [7, 11) is 0. The van der Waals surface area contributed by atoms with E-state index >= 15 is 0 Å². The molecule has 0 atom stereocenters. The molecule has 3 nitrogen and oxygen atoms in total. The molecular weight excluding hydrogens is 715 g/mol. The average Bonchev–Trinajstić information content (AvgIpc) is 3.65. The lowest BCUT2D eigenvalue weighted by atomic mass is 9.98. The van der Waals surface area contributed by atoms with E-state index in [1.165, 1.54) is 44.2 Å². The van der Waals surface area contributed by atoms with Gasteiger partial charge in [0.2, 0.25) is 0 Å². The lowest BCUT2D eigenvalue weighted by Crippen LogP contribution is -1.99. The summed E-state index contributed by atoms with van der Waals surface area (Å²) in [5.74, 6) is 0.698. The molecule has 0 unspecified atom stereocenters. The quantitative estimate of drug-likeness (QED) is 0.162. The lowest BCUT2D eigenvalue weighted by Gasteiger charge is -2.16. The van der Waals surface area contributed by atoms with Crippen LogP contribution in [0.5, 0.6) is 0 Å².